The normalized spacial score (nSPS) is 13.3. The molecule has 0 saturated heterocycles. The highest BCUT2D eigenvalue weighted by Crippen LogP contribution is 2.27. The van der Waals surface area contributed by atoms with Crippen molar-refractivity contribution in [2.45, 2.75) is 23.7 Å². The molecule has 23 heavy (non-hydrogen) atoms. The zero-order valence-electron chi connectivity index (χ0n) is 13.0. The zero-order chi connectivity index (χ0) is 17.7. The Morgan fingerprint density at radius 1 is 0.957 bits per heavy atom. The predicted molar refractivity (Wildman–Crippen MR) is 80.4 cm³/mol. The van der Waals surface area contributed by atoms with Gasteiger partial charge >= 0.3 is 14.3 Å². The highest BCUT2D eigenvalue weighted by Gasteiger charge is 2.45. The van der Waals surface area contributed by atoms with Crippen molar-refractivity contribution >= 4 is 18.6 Å². The van der Waals surface area contributed by atoms with Crippen molar-refractivity contribution in [3.8, 4) is 0 Å². The van der Waals surface area contributed by atoms with Crippen molar-refractivity contribution in [1.29, 1.82) is 0 Å². The van der Waals surface area contributed by atoms with Crippen LogP contribution in [0.4, 0.5) is 13.2 Å². The molecule has 0 N–H and O–H groups in total. The first-order valence-electron chi connectivity index (χ1n) is 6.61. The lowest BCUT2D eigenvalue weighted by Crippen LogP contribution is -2.43. The van der Waals surface area contributed by atoms with E-state index < -0.39 is 29.9 Å². The number of hydrogen-bond donors (Lipinski definition) is 0. The Hall–Kier alpha value is -0.943. The van der Waals surface area contributed by atoms with Crippen LogP contribution in [0.3, 0.4) is 0 Å². The molecule has 0 unspecified atom stereocenters. The Bertz CT molecular complexity index is 589. The van der Waals surface area contributed by atoms with Gasteiger partial charge in [-0.1, -0.05) is 24.3 Å². The Morgan fingerprint density at radius 2 is 1.39 bits per heavy atom. The maximum Gasteiger partial charge on any atom is 0.500 e. The standard InChI is InChI=1S/C13H19F3O5SSi/c1-19-23(20-2,21-3)9-8-11-4-6-12(7-5-11)10-22(17,18)13(14,15)16/h4-7H,8-10H2,1-3H3. The van der Waals surface area contributed by atoms with Crippen LogP contribution in [-0.4, -0.2) is 44.1 Å². The Kier molecular flexibility index (Phi) is 6.78. The minimum Gasteiger partial charge on any atom is -0.377 e. The van der Waals surface area contributed by atoms with E-state index in [1.54, 1.807) is 12.1 Å². The van der Waals surface area contributed by atoms with E-state index in [0.29, 0.717) is 12.5 Å². The number of benzene rings is 1. The predicted octanol–water partition coefficient (Wildman–Crippen LogP) is 2.54. The molecule has 0 atom stereocenters. The summed E-state index contributed by atoms with van der Waals surface area (Å²) < 4.78 is 75.1. The van der Waals surface area contributed by atoms with Gasteiger partial charge in [-0.15, -0.1) is 0 Å². The van der Waals surface area contributed by atoms with E-state index in [1.165, 1.54) is 33.5 Å². The second kappa shape index (κ2) is 7.75. The second-order valence-electron chi connectivity index (χ2n) is 4.82. The van der Waals surface area contributed by atoms with Gasteiger partial charge in [0.2, 0.25) is 0 Å². The van der Waals surface area contributed by atoms with Gasteiger partial charge in [0.25, 0.3) is 9.84 Å². The maximum absolute atomic E-state index is 12.3. The fourth-order valence-corrected chi connectivity index (χ4v) is 4.46. The molecule has 1 rings (SSSR count). The Morgan fingerprint density at radius 3 is 1.78 bits per heavy atom. The van der Waals surface area contributed by atoms with Crippen LogP contribution in [0.2, 0.25) is 6.04 Å². The minimum absolute atomic E-state index is 0.0832. The number of sulfone groups is 1. The summed E-state index contributed by atoms with van der Waals surface area (Å²) in [5.74, 6) is -1.07. The Balaban J connectivity index is 2.75. The molecule has 0 amide bonds. The average molecular weight is 372 g/mol. The van der Waals surface area contributed by atoms with Crippen molar-refractivity contribution in [2.75, 3.05) is 21.3 Å². The molecule has 0 aliphatic heterocycles. The van der Waals surface area contributed by atoms with Crippen LogP contribution in [-0.2, 0) is 35.3 Å². The SMILES string of the molecule is CO[Si](CCc1ccc(CS(=O)(=O)C(F)(F)F)cc1)(OC)OC. The van der Waals surface area contributed by atoms with E-state index in [0.717, 1.165) is 5.56 Å². The summed E-state index contributed by atoms with van der Waals surface area (Å²) in [7, 11) is -3.41. The van der Waals surface area contributed by atoms with E-state index in [9.17, 15) is 21.6 Å². The van der Waals surface area contributed by atoms with E-state index in [1.807, 2.05) is 0 Å². The van der Waals surface area contributed by atoms with Gasteiger partial charge in [-0.2, -0.15) is 13.2 Å². The van der Waals surface area contributed by atoms with Gasteiger partial charge in [0.05, 0.1) is 5.75 Å². The van der Waals surface area contributed by atoms with Gasteiger partial charge in [0.1, 0.15) is 0 Å². The lowest BCUT2D eigenvalue weighted by atomic mass is 10.1. The van der Waals surface area contributed by atoms with Crippen LogP contribution in [0.15, 0.2) is 24.3 Å². The zero-order valence-corrected chi connectivity index (χ0v) is 14.8. The van der Waals surface area contributed by atoms with Gasteiger partial charge in [-0.05, 0) is 17.5 Å². The molecule has 5 nitrogen and oxygen atoms in total. The largest absolute Gasteiger partial charge is 0.500 e. The van der Waals surface area contributed by atoms with Gasteiger partial charge < -0.3 is 13.3 Å². The van der Waals surface area contributed by atoms with E-state index in [-0.39, 0.29) is 5.56 Å². The summed E-state index contributed by atoms with van der Waals surface area (Å²) in [6.45, 7) is 0. The Labute approximate surface area is 134 Å². The highest BCUT2D eigenvalue weighted by molar-refractivity contribution is 7.91. The first-order valence-corrected chi connectivity index (χ1v) is 10.2. The lowest BCUT2D eigenvalue weighted by molar-refractivity contribution is -0.0437. The fourth-order valence-electron chi connectivity index (χ4n) is 1.96. The van der Waals surface area contributed by atoms with E-state index >= 15 is 0 Å². The molecule has 0 aliphatic rings. The third-order valence-corrected chi connectivity index (χ3v) is 7.53. The molecule has 132 valence electrons. The molecule has 0 aromatic heterocycles. The van der Waals surface area contributed by atoms with Crippen molar-refractivity contribution < 1.29 is 34.9 Å². The van der Waals surface area contributed by atoms with Gasteiger partial charge in [0.15, 0.2) is 0 Å². The third kappa shape index (κ3) is 5.28. The molecule has 0 spiro atoms. The summed E-state index contributed by atoms with van der Waals surface area (Å²) in [6, 6.07) is 6.40. The van der Waals surface area contributed by atoms with Crippen LogP contribution in [0.1, 0.15) is 11.1 Å². The molecule has 0 fully saturated rings. The molecule has 0 saturated carbocycles. The molecule has 1 aromatic carbocycles. The molecule has 10 heteroatoms. The van der Waals surface area contributed by atoms with Gasteiger partial charge in [0, 0.05) is 27.4 Å². The fraction of sp³-hybridized carbons (Fsp3) is 0.538. The second-order valence-corrected chi connectivity index (χ2v) is 9.89. The van der Waals surface area contributed by atoms with Crippen LogP contribution >= 0.6 is 0 Å². The summed E-state index contributed by atoms with van der Waals surface area (Å²) in [6.07, 6.45) is 0.536. The molecule has 1 aromatic rings. The number of hydrogen-bond acceptors (Lipinski definition) is 5. The summed E-state index contributed by atoms with van der Waals surface area (Å²) in [5.41, 5.74) is -4.34. The topological polar surface area (TPSA) is 61.8 Å². The summed E-state index contributed by atoms with van der Waals surface area (Å²) >= 11 is 0. The van der Waals surface area contributed by atoms with Crippen molar-refractivity contribution in [3.63, 3.8) is 0 Å². The lowest BCUT2D eigenvalue weighted by Gasteiger charge is -2.24. The summed E-state index contributed by atoms with van der Waals surface area (Å²) in [5, 5.41) is 0. The highest BCUT2D eigenvalue weighted by atomic mass is 32.2. The van der Waals surface area contributed by atoms with E-state index in [4.69, 9.17) is 13.3 Å². The number of halogens is 3. The third-order valence-electron chi connectivity index (χ3n) is 3.39. The van der Waals surface area contributed by atoms with Gasteiger partial charge in [-0.25, -0.2) is 8.42 Å². The molecular weight excluding hydrogens is 353 g/mol. The number of rotatable bonds is 8. The van der Waals surface area contributed by atoms with Crippen molar-refractivity contribution in [2.24, 2.45) is 0 Å². The first-order chi connectivity index (χ1) is 10.6. The van der Waals surface area contributed by atoms with Crippen molar-refractivity contribution in [3.05, 3.63) is 35.4 Å². The van der Waals surface area contributed by atoms with Crippen LogP contribution in [0.25, 0.3) is 0 Å². The molecule has 0 radical (unpaired) electrons. The number of aryl methyl sites for hydroxylation is 1. The van der Waals surface area contributed by atoms with E-state index in [2.05, 4.69) is 0 Å². The minimum atomic E-state index is -5.24. The van der Waals surface area contributed by atoms with Crippen LogP contribution in [0, 0.1) is 0 Å². The summed E-state index contributed by atoms with van der Waals surface area (Å²) in [4.78, 5) is 0. The molecule has 0 bridgehead atoms. The smallest absolute Gasteiger partial charge is 0.377 e. The maximum atomic E-state index is 12.3. The van der Waals surface area contributed by atoms with Gasteiger partial charge in [-0.3, -0.25) is 0 Å². The van der Waals surface area contributed by atoms with Crippen LogP contribution in [0.5, 0.6) is 0 Å². The monoisotopic (exact) mass is 372 g/mol. The average Bonchev–Trinajstić information content (AvgIpc) is 2.49. The quantitative estimate of drug-likeness (QED) is 0.657. The van der Waals surface area contributed by atoms with Crippen LogP contribution < -0.4 is 0 Å². The molecular formula is C13H19F3O5SSi. The molecule has 0 heterocycles. The molecule has 0 aliphatic carbocycles. The van der Waals surface area contributed by atoms with Crippen molar-refractivity contribution in [1.82, 2.24) is 0 Å². The first kappa shape index (κ1) is 20.1. The number of alkyl halides is 3.